The molecule has 0 spiro atoms. The van der Waals surface area contributed by atoms with Crippen molar-refractivity contribution in [3.63, 3.8) is 0 Å². The van der Waals surface area contributed by atoms with Gasteiger partial charge in [0.2, 0.25) is 5.91 Å². The highest BCUT2D eigenvalue weighted by molar-refractivity contribution is 7.54. The predicted molar refractivity (Wildman–Crippen MR) is 160 cm³/mol. The van der Waals surface area contributed by atoms with Gasteiger partial charge in [-0.2, -0.15) is 0 Å². The maximum atomic E-state index is 14.0. The zero-order chi connectivity index (χ0) is 27.7. The van der Waals surface area contributed by atoms with Crippen molar-refractivity contribution < 1.29 is 18.4 Å². The molecule has 4 fully saturated rings. The van der Waals surface area contributed by atoms with Gasteiger partial charge in [0.25, 0.3) is 0 Å². The van der Waals surface area contributed by atoms with E-state index < -0.39 is 13.4 Å². The molecule has 212 valence electrons. The minimum absolute atomic E-state index is 0.136. The molecule has 0 aliphatic heterocycles. The number of fused-ring (bicyclic) bond motifs is 1. The highest BCUT2D eigenvalue weighted by atomic mass is 31.2. The maximum Gasteiger partial charge on any atom is 0.357 e. The van der Waals surface area contributed by atoms with E-state index in [1.54, 1.807) is 0 Å². The fourth-order valence-electron chi connectivity index (χ4n) is 7.90. The van der Waals surface area contributed by atoms with Gasteiger partial charge < -0.3 is 19.7 Å². The molecule has 0 radical (unpaired) electrons. The Morgan fingerprint density at radius 2 is 1.48 bits per heavy atom. The van der Waals surface area contributed by atoms with E-state index in [2.05, 4.69) is 22.8 Å². The average molecular weight is 561 g/mol. The first kappa shape index (κ1) is 27.5. The van der Waals surface area contributed by atoms with Crippen molar-refractivity contribution in [1.29, 1.82) is 0 Å². The monoisotopic (exact) mass is 560 g/mol. The first-order chi connectivity index (χ1) is 19.4. The smallest absolute Gasteiger partial charge is 0.357 e. The van der Waals surface area contributed by atoms with Crippen molar-refractivity contribution in [2.45, 2.75) is 64.7 Å². The van der Waals surface area contributed by atoms with Crippen molar-refractivity contribution in [3.8, 4) is 0 Å². The number of benzene rings is 3. The SMILES string of the molecule is CCOP(=O)(OCC)C(Nc1ccc(CNC(=O)C23CC4CC(CC(C4)C2)C3)cc1)c1ccc2ccccc2c1. The standard InChI is InChI=1S/C33H41N2O4P/c1-3-38-40(37,39-4-2)31(29-12-11-27-7-5-6-8-28(27)18-29)35-30-13-9-23(10-14-30)22-34-32(36)33-19-24-15-25(20-33)17-26(16-24)21-33/h5-14,18,24-26,31,35H,3-4,15-17,19-22H2,1-2H3,(H,34,36). The molecule has 0 aromatic heterocycles. The molecule has 40 heavy (non-hydrogen) atoms. The van der Waals surface area contributed by atoms with Gasteiger partial charge in [-0.15, -0.1) is 0 Å². The van der Waals surface area contributed by atoms with Crippen molar-refractivity contribution in [1.82, 2.24) is 5.32 Å². The van der Waals surface area contributed by atoms with Crippen LogP contribution in [-0.4, -0.2) is 19.1 Å². The number of rotatable bonds is 11. The van der Waals surface area contributed by atoms with Crippen LogP contribution in [-0.2, 0) is 25.0 Å². The molecular weight excluding hydrogens is 519 g/mol. The fraction of sp³-hybridized carbons (Fsp3) is 0.485. The quantitative estimate of drug-likeness (QED) is 0.232. The molecule has 3 aromatic rings. The van der Waals surface area contributed by atoms with Crippen LogP contribution >= 0.6 is 7.60 Å². The summed E-state index contributed by atoms with van der Waals surface area (Å²) in [7, 11) is -3.53. The molecule has 4 bridgehead atoms. The second kappa shape index (κ2) is 11.3. The van der Waals surface area contributed by atoms with Gasteiger partial charge in [0.15, 0.2) is 5.78 Å². The second-order valence-electron chi connectivity index (χ2n) is 12.1. The van der Waals surface area contributed by atoms with Crippen LogP contribution in [0.3, 0.4) is 0 Å². The van der Waals surface area contributed by atoms with E-state index in [0.717, 1.165) is 64.6 Å². The van der Waals surface area contributed by atoms with Gasteiger partial charge in [0.05, 0.1) is 13.2 Å². The minimum atomic E-state index is -3.53. The molecule has 4 aliphatic rings. The van der Waals surface area contributed by atoms with Crippen molar-refractivity contribution >= 4 is 30.0 Å². The van der Waals surface area contributed by atoms with E-state index >= 15 is 0 Å². The molecule has 1 atom stereocenters. The molecule has 3 aromatic carbocycles. The Morgan fingerprint density at radius 1 is 0.875 bits per heavy atom. The first-order valence-electron chi connectivity index (χ1n) is 14.9. The summed E-state index contributed by atoms with van der Waals surface area (Å²) in [6, 6.07) is 22.2. The lowest BCUT2D eigenvalue weighted by Crippen LogP contribution is -2.53. The Morgan fingerprint density at radius 3 is 2.08 bits per heavy atom. The maximum absolute atomic E-state index is 14.0. The van der Waals surface area contributed by atoms with Crippen LogP contribution in [0.2, 0.25) is 0 Å². The van der Waals surface area contributed by atoms with Gasteiger partial charge >= 0.3 is 7.60 Å². The molecule has 7 rings (SSSR count). The van der Waals surface area contributed by atoms with Crippen LogP contribution in [0.25, 0.3) is 10.8 Å². The minimum Gasteiger partial charge on any atom is -0.368 e. The van der Waals surface area contributed by atoms with E-state index in [9.17, 15) is 9.36 Å². The summed E-state index contributed by atoms with van der Waals surface area (Å²) in [6.07, 6.45) is 7.22. The van der Waals surface area contributed by atoms with Crippen LogP contribution in [0.1, 0.15) is 69.3 Å². The summed E-state index contributed by atoms with van der Waals surface area (Å²) in [5, 5.41) is 8.91. The Hall–Kier alpha value is -2.66. The van der Waals surface area contributed by atoms with E-state index in [0.29, 0.717) is 6.54 Å². The lowest BCUT2D eigenvalue weighted by atomic mass is 9.49. The van der Waals surface area contributed by atoms with Gasteiger partial charge in [0, 0.05) is 17.6 Å². The Kier molecular flexibility index (Phi) is 7.78. The topological polar surface area (TPSA) is 76.7 Å². The second-order valence-corrected chi connectivity index (χ2v) is 14.2. The van der Waals surface area contributed by atoms with Crippen LogP contribution in [0, 0.1) is 23.2 Å². The van der Waals surface area contributed by atoms with Crippen molar-refractivity contribution in [2.75, 3.05) is 18.5 Å². The molecule has 1 unspecified atom stereocenters. The summed E-state index contributed by atoms with van der Waals surface area (Å²) in [5.74, 6) is 1.84. The van der Waals surface area contributed by atoms with E-state index in [1.165, 1.54) is 19.3 Å². The van der Waals surface area contributed by atoms with E-state index in [1.807, 2.05) is 68.4 Å². The number of carbonyl (C=O) groups excluding carboxylic acids is 1. The zero-order valence-electron chi connectivity index (χ0n) is 23.6. The molecule has 4 aliphatic carbocycles. The lowest BCUT2D eigenvalue weighted by Gasteiger charge is -2.55. The van der Waals surface area contributed by atoms with E-state index in [4.69, 9.17) is 9.05 Å². The molecule has 1 amide bonds. The largest absolute Gasteiger partial charge is 0.368 e. The number of anilines is 1. The van der Waals surface area contributed by atoms with Gasteiger partial charge in [0.1, 0.15) is 0 Å². The third-order valence-corrected chi connectivity index (χ3v) is 11.5. The highest BCUT2D eigenvalue weighted by Gasteiger charge is 2.54. The first-order valence-corrected chi connectivity index (χ1v) is 16.5. The fourth-order valence-corrected chi connectivity index (χ4v) is 9.83. The third-order valence-electron chi connectivity index (χ3n) is 9.25. The molecule has 7 heteroatoms. The van der Waals surface area contributed by atoms with Gasteiger partial charge in [-0.3, -0.25) is 9.36 Å². The van der Waals surface area contributed by atoms with Crippen LogP contribution < -0.4 is 10.6 Å². The summed E-state index contributed by atoms with van der Waals surface area (Å²) in [6.45, 7) is 4.74. The normalized spacial score (nSPS) is 26.1. The van der Waals surface area contributed by atoms with Crippen LogP contribution in [0.5, 0.6) is 0 Å². The number of carbonyl (C=O) groups is 1. The average Bonchev–Trinajstić information content (AvgIpc) is 2.94. The number of amides is 1. The van der Waals surface area contributed by atoms with Gasteiger partial charge in [-0.25, -0.2) is 0 Å². The summed E-state index contributed by atoms with van der Waals surface area (Å²) in [4.78, 5) is 13.4. The van der Waals surface area contributed by atoms with Gasteiger partial charge in [-0.05, 0) is 110 Å². The predicted octanol–water partition coefficient (Wildman–Crippen LogP) is 8.05. The molecule has 6 nitrogen and oxygen atoms in total. The Bertz CT molecular complexity index is 1360. The zero-order valence-corrected chi connectivity index (χ0v) is 24.5. The number of nitrogens with one attached hydrogen (secondary N) is 2. The third kappa shape index (κ3) is 5.46. The van der Waals surface area contributed by atoms with Crippen LogP contribution in [0.4, 0.5) is 5.69 Å². The summed E-state index contributed by atoms with van der Waals surface area (Å²) in [5.41, 5.74) is 2.57. The molecule has 2 N–H and O–H groups in total. The van der Waals surface area contributed by atoms with E-state index in [-0.39, 0.29) is 24.5 Å². The van der Waals surface area contributed by atoms with Gasteiger partial charge in [-0.1, -0.05) is 48.5 Å². The molecule has 0 saturated heterocycles. The summed E-state index contributed by atoms with van der Waals surface area (Å²) < 4.78 is 25.6. The Balaban J connectivity index is 1.17. The molecular formula is C33H41N2O4P. The van der Waals surface area contributed by atoms with Crippen LogP contribution in [0.15, 0.2) is 66.7 Å². The molecule has 0 heterocycles. The van der Waals surface area contributed by atoms with Crippen molar-refractivity contribution in [2.24, 2.45) is 23.2 Å². The highest BCUT2D eigenvalue weighted by Crippen LogP contribution is 2.61. The summed E-state index contributed by atoms with van der Waals surface area (Å²) >= 11 is 0. The number of hydrogen-bond donors (Lipinski definition) is 2. The molecule has 4 saturated carbocycles. The number of hydrogen-bond acceptors (Lipinski definition) is 5. The Labute approximate surface area is 237 Å². The lowest BCUT2D eigenvalue weighted by molar-refractivity contribution is -0.146. The van der Waals surface area contributed by atoms with Crippen molar-refractivity contribution in [3.05, 3.63) is 77.9 Å².